The van der Waals surface area contributed by atoms with Crippen molar-refractivity contribution in [3.05, 3.63) is 70.7 Å². The number of carbonyl (C=O) groups excluding carboxylic acids is 1. The number of hydrogen-bond acceptors (Lipinski definition) is 4. The summed E-state index contributed by atoms with van der Waals surface area (Å²) in [6.45, 7) is 4.21. The number of carbonyl (C=O) groups is 1. The van der Waals surface area contributed by atoms with Gasteiger partial charge in [-0.3, -0.25) is 4.79 Å². The topological polar surface area (TPSA) is 38.8 Å². The number of halogens is 1. The maximum atomic E-state index is 12.0. The van der Waals surface area contributed by atoms with Crippen LogP contribution >= 0.6 is 15.9 Å². The first-order valence-corrected chi connectivity index (χ1v) is 11.1. The molecule has 0 saturated carbocycles. The van der Waals surface area contributed by atoms with E-state index in [1.54, 1.807) is 0 Å². The average molecular weight is 457 g/mol. The second-order valence-corrected chi connectivity index (χ2v) is 8.95. The zero-order chi connectivity index (χ0) is 20.4. The highest BCUT2D eigenvalue weighted by molar-refractivity contribution is 9.10. The molecule has 0 amide bonds. The third kappa shape index (κ3) is 4.22. The van der Waals surface area contributed by atoms with E-state index in [1.165, 1.54) is 11.1 Å². The van der Waals surface area contributed by atoms with E-state index in [2.05, 4.69) is 46.1 Å². The van der Waals surface area contributed by atoms with Crippen LogP contribution < -0.4 is 4.74 Å². The van der Waals surface area contributed by atoms with Gasteiger partial charge in [0.2, 0.25) is 0 Å². The highest BCUT2D eigenvalue weighted by Gasteiger charge is 2.46. The van der Waals surface area contributed by atoms with Crippen LogP contribution in [0.15, 0.2) is 46.9 Å². The molecule has 29 heavy (non-hydrogen) atoms. The van der Waals surface area contributed by atoms with Crippen molar-refractivity contribution in [2.24, 2.45) is 0 Å². The average Bonchev–Trinajstić information content (AvgIpc) is 2.98. The van der Waals surface area contributed by atoms with Crippen molar-refractivity contribution in [1.29, 1.82) is 0 Å². The van der Waals surface area contributed by atoms with Crippen LogP contribution in [0.1, 0.15) is 49.0 Å². The van der Waals surface area contributed by atoms with Gasteiger partial charge in [-0.1, -0.05) is 40.2 Å². The number of para-hydroxylation sites is 1. The van der Waals surface area contributed by atoms with Crippen molar-refractivity contribution >= 4 is 21.9 Å². The Labute approximate surface area is 181 Å². The first-order chi connectivity index (χ1) is 14.0. The Balaban J connectivity index is 1.62. The standard InChI is InChI=1S/C24H27BrNO3/c1-3-28-23(27)14-17-6-4-5-7-21(17)29-22-16-24(10-12-26(2)13-11-24)20-9-8-18(25)15-19(20)22/h4-9,15,22H,2-3,10-14,16H2,1H3/t22-/m1/s1. The molecule has 1 spiro atoms. The fourth-order valence-electron chi connectivity index (χ4n) is 4.70. The van der Waals surface area contributed by atoms with Gasteiger partial charge in [-0.15, -0.1) is 0 Å². The van der Waals surface area contributed by atoms with Crippen molar-refractivity contribution < 1.29 is 14.3 Å². The molecule has 1 heterocycles. The second-order valence-electron chi connectivity index (χ2n) is 8.03. The molecule has 5 heteroatoms. The van der Waals surface area contributed by atoms with Crippen molar-refractivity contribution in [3.63, 3.8) is 0 Å². The third-order valence-electron chi connectivity index (χ3n) is 6.20. The molecule has 2 aromatic rings. The lowest BCUT2D eigenvalue weighted by Crippen LogP contribution is -2.38. The van der Waals surface area contributed by atoms with E-state index in [0.29, 0.717) is 6.61 Å². The number of esters is 1. The number of benzene rings is 2. The van der Waals surface area contributed by atoms with Gasteiger partial charge < -0.3 is 14.4 Å². The molecule has 1 fully saturated rings. The zero-order valence-electron chi connectivity index (χ0n) is 16.8. The van der Waals surface area contributed by atoms with Gasteiger partial charge in [0.15, 0.2) is 0 Å². The van der Waals surface area contributed by atoms with Gasteiger partial charge in [0, 0.05) is 22.5 Å². The summed E-state index contributed by atoms with van der Waals surface area (Å²) in [6.07, 6.45) is 3.34. The highest BCUT2D eigenvalue weighted by Crippen LogP contribution is 2.52. The molecule has 1 atom stereocenters. The van der Waals surface area contributed by atoms with Crippen LogP contribution in [-0.2, 0) is 21.4 Å². The maximum absolute atomic E-state index is 12.0. The van der Waals surface area contributed by atoms with Crippen LogP contribution in [-0.4, -0.2) is 30.6 Å². The summed E-state index contributed by atoms with van der Waals surface area (Å²) in [7, 11) is 4.11. The Morgan fingerprint density at radius 3 is 2.76 bits per heavy atom. The minimum absolute atomic E-state index is 0.0257. The van der Waals surface area contributed by atoms with Crippen molar-refractivity contribution in [3.8, 4) is 5.75 Å². The number of ether oxygens (including phenoxy) is 2. The zero-order valence-corrected chi connectivity index (χ0v) is 18.4. The quantitative estimate of drug-likeness (QED) is 0.579. The number of piperidine rings is 1. The predicted octanol–water partition coefficient (Wildman–Crippen LogP) is 5.20. The Morgan fingerprint density at radius 1 is 1.24 bits per heavy atom. The summed E-state index contributed by atoms with van der Waals surface area (Å²) in [5.74, 6) is 0.542. The second kappa shape index (κ2) is 8.49. The van der Waals surface area contributed by atoms with Crippen LogP contribution in [0.3, 0.4) is 0 Å². The van der Waals surface area contributed by atoms with Gasteiger partial charge >= 0.3 is 5.97 Å². The molecule has 4 nitrogen and oxygen atoms in total. The van der Waals surface area contributed by atoms with Crippen molar-refractivity contribution in [1.82, 2.24) is 4.90 Å². The Hall–Kier alpha value is -1.85. The molecule has 1 aliphatic carbocycles. The number of nitrogens with zero attached hydrogens (tertiary/aromatic N) is 1. The van der Waals surface area contributed by atoms with Gasteiger partial charge in [0.1, 0.15) is 11.9 Å². The van der Waals surface area contributed by atoms with Crippen molar-refractivity contribution in [2.75, 3.05) is 19.7 Å². The third-order valence-corrected chi connectivity index (χ3v) is 6.70. The molecule has 4 rings (SSSR count). The first-order valence-electron chi connectivity index (χ1n) is 10.3. The monoisotopic (exact) mass is 456 g/mol. The van der Waals surface area contributed by atoms with Gasteiger partial charge in [-0.05, 0) is 68.6 Å². The smallest absolute Gasteiger partial charge is 0.310 e. The molecule has 2 aromatic carbocycles. The Kier molecular flexibility index (Phi) is 5.98. The fraction of sp³-hybridized carbons (Fsp3) is 0.417. The van der Waals surface area contributed by atoms with Gasteiger partial charge in [-0.2, -0.15) is 0 Å². The van der Waals surface area contributed by atoms with E-state index in [9.17, 15) is 4.79 Å². The largest absolute Gasteiger partial charge is 0.485 e. The lowest BCUT2D eigenvalue weighted by Gasteiger charge is -2.38. The summed E-state index contributed by atoms with van der Waals surface area (Å²) in [5, 5.41) is 0. The van der Waals surface area contributed by atoms with Crippen LogP contribution in [0.5, 0.6) is 5.75 Å². The molecule has 1 saturated heterocycles. The van der Waals surface area contributed by atoms with E-state index < -0.39 is 0 Å². The SMILES string of the molecule is [CH2]N1CCC2(CC1)C[C@@H](Oc1ccccc1CC(=O)OCC)c1cc(Br)ccc12. The summed E-state index contributed by atoms with van der Waals surface area (Å²) in [4.78, 5) is 14.2. The molecule has 0 aromatic heterocycles. The minimum atomic E-state index is -0.225. The number of fused-ring (bicyclic) bond motifs is 2. The van der Waals surface area contributed by atoms with E-state index in [0.717, 1.165) is 48.1 Å². The summed E-state index contributed by atoms with van der Waals surface area (Å²) in [6, 6.07) is 14.4. The minimum Gasteiger partial charge on any atom is -0.485 e. The number of hydrogen-bond donors (Lipinski definition) is 0. The molecular formula is C24H27BrNO3. The van der Waals surface area contributed by atoms with Gasteiger partial charge in [-0.25, -0.2) is 0 Å². The lowest BCUT2D eigenvalue weighted by atomic mass is 9.74. The Morgan fingerprint density at radius 2 is 2.00 bits per heavy atom. The molecule has 1 aliphatic heterocycles. The molecule has 1 radical (unpaired) electrons. The summed E-state index contributed by atoms with van der Waals surface area (Å²) >= 11 is 3.63. The van der Waals surface area contributed by atoms with E-state index in [4.69, 9.17) is 9.47 Å². The van der Waals surface area contributed by atoms with E-state index in [1.807, 2.05) is 31.2 Å². The molecule has 0 bridgehead atoms. The van der Waals surface area contributed by atoms with Gasteiger partial charge in [0.25, 0.3) is 0 Å². The summed E-state index contributed by atoms with van der Waals surface area (Å²) < 4.78 is 12.8. The molecule has 0 N–H and O–H groups in total. The van der Waals surface area contributed by atoms with E-state index >= 15 is 0 Å². The van der Waals surface area contributed by atoms with Gasteiger partial charge in [0.05, 0.1) is 13.0 Å². The Bertz CT molecular complexity index is 889. The van der Waals surface area contributed by atoms with Crippen molar-refractivity contribution in [2.45, 2.75) is 44.1 Å². The predicted molar refractivity (Wildman–Crippen MR) is 117 cm³/mol. The highest BCUT2D eigenvalue weighted by atomic mass is 79.9. The maximum Gasteiger partial charge on any atom is 0.310 e. The molecule has 153 valence electrons. The first kappa shape index (κ1) is 20.4. The molecule has 2 aliphatic rings. The summed E-state index contributed by atoms with van der Waals surface area (Å²) in [5.41, 5.74) is 3.67. The van der Waals surface area contributed by atoms with Crippen LogP contribution in [0.2, 0.25) is 0 Å². The van der Waals surface area contributed by atoms with Crippen LogP contribution in [0, 0.1) is 7.05 Å². The van der Waals surface area contributed by atoms with Crippen LogP contribution in [0.4, 0.5) is 0 Å². The number of likely N-dealkylation sites (tertiary alicyclic amines) is 1. The fourth-order valence-corrected chi connectivity index (χ4v) is 5.08. The lowest BCUT2D eigenvalue weighted by molar-refractivity contribution is -0.142. The molecule has 0 unspecified atom stereocenters. The molecular weight excluding hydrogens is 430 g/mol. The number of rotatable bonds is 5. The van der Waals surface area contributed by atoms with Crippen LogP contribution in [0.25, 0.3) is 0 Å². The normalized spacial score (nSPS) is 20.4. The van der Waals surface area contributed by atoms with E-state index in [-0.39, 0.29) is 23.9 Å².